The number of thioether (sulfide) groups is 1. The van der Waals surface area contributed by atoms with E-state index < -0.39 is 0 Å². The van der Waals surface area contributed by atoms with Crippen LogP contribution in [0.2, 0.25) is 0 Å². The topological polar surface area (TPSA) is 99.4 Å². The van der Waals surface area contributed by atoms with Crippen molar-refractivity contribution < 1.29 is 4.79 Å². The highest BCUT2D eigenvalue weighted by molar-refractivity contribution is 7.98. The van der Waals surface area contributed by atoms with Crippen LogP contribution in [0.3, 0.4) is 0 Å². The molecule has 0 radical (unpaired) electrons. The molecule has 1 atom stereocenters. The van der Waals surface area contributed by atoms with Crippen LogP contribution in [0.1, 0.15) is 0 Å². The van der Waals surface area contributed by atoms with E-state index in [0.717, 1.165) is 18.9 Å². The Labute approximate surface area is 121 Å². The fourth-order valence-electron chi connectivity index (χ4n) is 2.55. The van der Waals surface area contributed by atoms with Gasteiger partial charge in [0.2, 0.25) is 0 Å². The van der Waals surface area contributed by atoms with E-state index in [1.54, 1.807) is 0 Å². The van der Waals surface area contributed by atoms with Crippen LogP contribution >= 0.6 is 11.8 Å². The largest absolute Gasteiger partial charge is 0.353 e. The third-order valence-corrected chi connectivity index (χ3v) is 4.13. The van der Waals surface area contributed by atoms with Gasteiger partial charge in [-0.2, -0.15) is 0 Å². The van der Waals surface area contributed by atoms with Crippen molar-refractivity contribution in [1.82, 2.24) is 20.2 Å². The van der Waals surface area contributed by atoms with Gasteiger partial charge in [0.15, 0.2) is 5.16 Å². The number of rotatable bonds is 3. The molecular formula is C11H17N7OS. The van der Waals surface area contributed by atoms with E-state index in [1.165, 1.54) is 11.8 Å². The highest BCUT2D eigenvalue weighted by atomic mass is 32.2. The normalized spacial score (nSPS) is 21.7. The summed E-state index contributed by atoms with van der Waals surface area (Å²) < 4.78 is 0. The molecule has 3 heterocycles. The Kier molecular flexibility index (Phi) is 3.53. The third kappa shape index (κ3) is 2.34. The van der Waals surface area contributed by atoms with Crippen LogP contribution < -0.4 is 21.5 Å². The van der Waals surface area contributed by atoms with E-state index >= 15 is 0 Å². The maximum absolute atomic E-state index is 11.6. The number of nitrogens with one attached hydrogen (secondary N) is 2. The van der Waals surface area contributed by atoms with Crippen molar-refractivity contribution in [3.05, 3.63) is 6.07 Å². The number of urea groups is 1. The van der Waals surface area contributed by atoms with Gasteiger partial charge in [0.25, 0.3) is 0 Å². The summed E-state index contributed by atoms with van der Waals surface area (Å²) in [5, 5.41) is 3.55. The molecule has 1 aromatic heterocycles. The molecule has 0 aliphatic carbocycles. The minimum Gasteiger partial charge on any atom is -0.353 e. The first-order valence-corrected chi connectivity index (χ1v) is 7.63. The van der Waals surface area contributed by atoms with Crippen LogP contribution in [0, 0.1) is 0 Å². The molecule has 2 aliphatic rings. The molecule has 0 bridgehead atoms. The average molecular weight is 295 g/mol. The van der Waals surface area contributed by atoms with Gasteiger partial charge in [0.1, 0.15) is 11.6 Å². The molecule has 20 heavy (non-hydrogen) atoms. The zero-order valence-electron chi connectivity index (χ0n) is 11.2. The molecule has 3 rings (SSSR count). The molecule has 1 aromatic rings. The number of hydrogen-bond acceptors (Lipinski definition) is 7. The van der Waals surface area contributed by atoms with E-state index in [4.69, 9.17) is 5.84 Å². The Bertz CT molecular complexity index is 503. The molecule has 2 amide bonds. The number of aromatic nitrogens is 2. The number of nitrogens with two attached hydrogens (primary N) is 1. The van der Waals surface area contributed by atoms with Crippen molar-refractivity contribution in [2.75, 3.05) is 42.8 Å². The predicted octanol–water partition coefficient (Wildman–Crippen LogP) is -0.302. The summed E-state index contributed by atoms with van der Waals surface area (Å²) in [6, 6.07) is 2.07. The summed E-state index contributed by atoms with van der Waals surface area (Å²) in [4.78, 5) is 24.4. The first-order valence-electron chi connectivity index (χ1n) is 6.40. The van der Waals surface area contributed by atoms with Gasteiger partial charge in [-0.05, 0) is 6.26 Å². The molecule has 1 unspecified atom stereocenters. The lowest BCUT2D eigenvalue weighted by Gasteiger charge is -2.37. The number of amides is 2. The van der Waals surface area contributed by atoms with Crippen LogP contribution in [0.15, 0.2) is 11.2 Å². The standard InChI is InChI=1S/C11H17N7OS/c1-20-10-14-8(16-12)4-9(15-10)17-2-3-18-7(6-17)5-13-11(18)19/h4,7H,2-3,5-6,12H2,1H3,(H,13,19)(H,14,15,16). The Morgan fingerprint density at radius 1 is 1.50 bits per heavy atom. The lowest BCUT2D eigenvalue weighted by atomic mass is 10.2. The second kappa shape index (κ2) is 5.33. The summed E-state index contributed by atoms with van der Waals surface area (Å²) in [7, 11) is 0. The summed E-state index contributed by atoms with van der Waals surface area (Å²) in [6.07, 6.45) is 1.93. The number of carbonyl (C=O) groups is 1. The van der Waals surface area contributed by atoms with E-state index in [9.17, 15) is 4.79 Å². The first kappa shape index (κ1) is 13.3. The molecular weight excluding hydrogens is 278 g/mol. The van der Waals surface area contributed by atoms with Crippen molar-refractivity contribution >= 4 is 29.4 Å². The number of fused-ring (bicyclic) bond motifs is 1. The molecule has 0 saturated carbocycles. The fourth-order valence-corrected chi connectivity index (χ4v) is 2.93. The van der Waals surface area contributed by atoms with Crippen molar-refractivity contribution in [3.8, 4) is 0 Å². The van der Waals surface area contributed by atoms with Crippen LogP contribution in [-0.4, -0.2) is 59.4 Å². The van der Waals surface area contributed by atoms with Crippen molar-refractivity contribution in [2.24, 2.45) is 5.84 Å². The van der Waals surface area contributed by atoms with Crippen molar-refractivity contribution in [1.29, 1.82) is 0 Å². The number of piperazine rings is 1. The molecule has 108 valence electrons. The number of nitrogens with zero attached hydrogens (tertiary/aromatic N) is 4. The van der Waals surface area contributed by atoms with E-state index in [1.807, 2.05) is 17.2 Å². The molecule has 0 spiro atoms. The number of nitrogen functional groups attached to an aromatic ring is 1. The second-order valence-electron chi connectivity index (χ2n) is 4.72. The van der Waals surface area contributed by atoms with Gasteiger partial charge in [0, 0.05) is 32.2 Å². The van der Waals surface area contributed by atoms with Gasteiger partial charge in [0.05, 0.1) is 6.04 Å². The monoisotopic (exact) mass is 295 g/mol. The van der Waals surface area contributed by atoms with Gasteiger partial charge < -0.3 is 20.5 Å². The minimum atomic E-state index is 0.0338. The Morgan fingerprint density at radius 3 is 3.10 bits per heavy atom. The highest BCUT2D eigenvalue weighted by Crippen LogP contribution is 2.23. The summed E-state index contributed by atoms with van der Waals surface area (Å²) >= 11 is 1.48. The first-order chi connectivity index (χ1) is 9.71. The molecule has 4 N–H and O–H groups in total. The van der Waals surface area contributed by atoms with E-state index in [-0.39, 0.29) is 12.1 Å². The lowest BCUT2D eigenvalue weighted by molar-refractivity contribution is 0.197. The van der Waals surface area contributed by atoms with Crippen LogP contribution in [-0.2, 0) is 0 Å². The lowest BCUT2D eigenvalue weighted by Crippen LogP contribution is -2.52. The Morgan fingerprint density at radius 2 is 2.35 bits per heavy atom. The number of hydrazine groups is 1. The van der Waals surface area contributed by atoms with Gasteiger partial charge in [-0.25, -0.2) is 20.6 Å². The van der Waals surface area contributed by atoms with Crippen LogP contribution in [0.25, 0.3) is 0 Å². The maximum Gasteiger partial charge on any atom is 0.317 e. The highest BCUT2D eigenvalue weighted by Gasteiger charge is 2.35. The number of carbonyl (C=O) groups excluding carboxylic acids is 1. The maximum atomic E-state index is 11.6. The SMILES string of the molecule is CSc1nc(NN)cc(N2CCN3C(=O)NCC3C2)n1. The minimum absolute atomic E-state index is 0.0338. The predicted molar refractivity (Wildman–Crippen MR) is 77.7 cm³/mol. The second-order valence-corrected chi connectivity index (χ2v) is 5.50. The van der Waals surface area contributed by atoms with Crippen molar-refractivity contribution in [3.63, 3.8) is 0 Å². The number of hydrogen-bond donors (Lipinski definition) is 3. The van der Waals surface area contributed by atoms with Crippen LogP contribution in [0.5, 0.6) is 0 Å². The Balaban J connectivity index is 1.81. The zero-order valence-corrected chi connectivity index (χ0v) is 12.0. The summed E-state index contributed by atoms with van der Waals surface area (Å²) in [5.41, 5.74) is 2.57. The summed E-state index contributed by atoms with van der Waals surface area (Å²) in [6.45, 7) is 2.94. The molecule has 0 aromatic carbocycles. The quantitative estimate of drug-likeness (QED) is 0.305. The van der Waals surface area contributed by atoms with Gasteiger partial charge in [-0.1, -0.05) is 11.8 Å². The van der Waals surface area contributed by atoms with Crippen LogP contribution in [0.4, 0.5) is 16.4 Å². The summed E-state index contributed by atoms with van der Waals surface area (Å²) in [5.74, 6) is 6.89. The molecule has 9 heteroatoms. The van der Waals surface area contributed by atoms with E-state index in [0.29, 0.717) is 24.1 Å². The molecule has 2 aliphatic heterocycles. The molecule has 2 fully saturated rings. The smallest absolute Gasteiger partial charge is 0.317 e. The Hall–Kier alpha value is -1.74. The van der Waals surface area contributed by atoms with Gasteiger partial charge in [-0.15, -0.1) is 0 Å². The number of anilines is 2. The van der Waals surface area contributed by atoms with Gasteiger partial charge >= 0.3 is 6.03 Å². The van der Waals surface area contributed by atoms with Crippen molar-refractivity contribution in [2.45, 2.75) is 11.2 Å². The average Bonchev–Trinajstić information content (AvgIpc) is 2.87. The van der Waals surface area contributed by atoms with Gasteiger partial charge in [-0.3, -0.25) is 0 Å². The molecule has 2 saturated heterocycles. The van der Waals surface area contributed by atoms with E-state index in [2.05, 4.69) is 25.6 Å². The third-order valence-electron chi connectivity index (χ3n) is 3.58. The zero-order chi connectivity index (χ0) is 14.1. The molecule has 8 nitrogen and oxygen atoms in total. The fraction of sp³-hybridized carbons (Fsp3) is 0.545.